The highest BCUT2D eigenvalue weighted by Gasteiger charge is 2.32. The highest BCUT2D eigenvalue weighted by molar-refractivity contribution is 6.33. The summed E-state index contributed by atoms with van der Waals surface area (Å²) in [7, 11) is 2.93. The molecule has 2 heterocycles. The monoisotopic (exact) mass is 416 g/mol. The highest BCUT2D eigenvalue weighted by Crippen LogP contribution is 2.25. The predicted molar refractivity (Wildman–Crippen MR) is 101 cm³/mol. The number of aliphatic hydroxyl groups excluding tert-OH is 1. The van der Waals surface area contributed by atoms with E-state index in [4.69, 9.17) is 36.7 Å². The van der Waals surface area contributed by atoms with Crippen LogP contribution in [0.4, 0.5) is 5.82 Å². The van der Waals surface area contributed by atoms with E-state index in [-0.39, 0.29) is 54.2 Å². The minimum atomic E-state index is -0.418. The van der Waals surface area contributed by atoms with Crippen molar-refractivity contribution >= 4 is 29.3 Å². The van der Waals surface area contributed by atoms with E-state index in [0.29, 0.717) is 19.5 Å². The number of piperidine rings is 1. The average molecular weight is 417 g/mol. The van der Waals surface area contributed by atoms with E-state index >= 15 is 0 Å². The van der Waals surface area contributed by atoms with Gasteiger partial charge in [-0.2, -0.15) is 4.98 Å². The van der Waals surface area contributed by atoms with Gasteiger partial charge >= 0.3 is 5.97 Å². The number of nitrogens with two attached hydrogens (primary N) is 1. The van der Waals surface area contributed by atoms with Crippen molar-refractivity contribution in [1.82, 2.24) is 15.2 Å². The number of amides is 1. The molecule has 4 N–H and O–H groups in total. The van der Waals surface area contributed by atoms with Crippen LogP contribution in [-0.4, -0.2) is 86.1 Å². The molecule has 0 bridgehead atoms. The zero-order chi connectivity index (χ0) is 20.7. The second-order valence-corrected chi connectivity index (χ2v) is 6.64. The third-order valence-electron chi connectivity index (χ3n) is 4.38. The van der Waals surface area contributed by atoms with Gasteiger partial charge in [-0.3, -0.25) is 14.5 Å². The number of aromatic nitrogens is 1. The van der Waals surface area contributed by atoms with Gasteiger partial charge in [0.05, 0.1) is 37.4 Å². The molecule has 1 amide bonds. The van der Waals surface area contributed by atoms with Crippen molar-refractivity contribution in [1.29, 1.82) is 0 Å². The SMILES string of the molecule is COc1nc(N)c(Cl)cc1C(=O)NC1CCN(CC(=O)OCCO)CC1OC. The van der Waals surface area contributed by atoms with Gasteiger partial charge in [0.1, 0.15) is 18.0 Å². The largest absolute Gasteiger partial charge is 0.480 e. The number of aliphatic hydroxyl groups is 1. The van der Waals surface area contributed by atoms with Crippen molar-refractivity contribution in [3.8, 4) is 5.88 Å². The molecular formula is C17H25ClN4O6. The molecule has 1 aliphatic heterocycles. The fourth-order valence-electron chi connectivity index (χ4n) is 2.97. The molecule has 0 radical (unpaired) electrons. The van der Waals surface area contributed by atoms with E-state index in [2.05, 4.69) is 10.3 Å². The Labute approximate surface area is 167 Å². The van der Waals surface area contributed by atoms with Crippen molar-refractivity contribution in [3.63, 3.8) is 0 Å². The summed E-state index contributed by atoms with van der Waals surface area (Å²) in [6.07, 6.45) is 0.238. The molecule has 0 spiro atoms. The predicted octanol–water partition coefficient (Wildman–Crippen LogP) is -0.320. The standard InChI is InChI=1S/C17H25ClN4O6/c1-26-13-8-22(9-14(24)28-6-5-23)4-3-12(13)20-16(25)10-7-11(18)15(19)21-17(10)27-2/h7,12-13,23H,3-6,8-9H2,1-2H3,(H2,19,21)(H,20,25). The van der Waals surface area contributed by atoms with Gasteiger partial charge in [0.25, 0.3) is 5.91 Å². The molecule has 2 rings (SSSR count). The van der Waals surface area contributed by atoms with Gasteiger partial charge < -0.3 is 30.4 Å². The Morgan fingerprint density at radius 2 is 2.21 bits per heavy atom. The maximum absolute atomic E-state index is 12.7. The van der Waals surface area contributed by atoms with Crippen LogP contribution in [-0.2, 0) is 14.3 Å². The van der Waals surface area contributed by atoms with Crippen molar-refractivity contribution in [2.24, 2.45) is 0 Å². The fraction of sp³-hybridized carbons (Fsp3) is 0.588. The number of ether oxygens (including phenoxy) is 3. The normalized spacial score (nSPS) is 19.9. The number of esters is 1. The molecule has 10 nitrogen and oxygen atoms in total. The fourth-order valence-corrected chi connectivity index (χ4v) is 3.12. The molecule has 28 heavy (non-hydrogen) atoms. The molecule has 1 saturated heterocycles. The number of rotatable bonds is 8. The second kappa shape index (κ2) is 10.4. The Hall–Kier alpha value is -2.14. The van der Waals surface area contributed by atoms with Crippen LogP contribution in [0.2, 0.25) is 5.02 Å². The Bertz CT molecular complexity index is 704. The van der Waals surface area contributed by atoms with Crippen LogP contribution in [0, 0.1) is 0 Å². The van der Waals surface area contributed by atoms with Gasteiger partial charge in [0.15, 0.2) is 0 Å². The van der Waals surface area contributed by atoms with Crippen LogP contribution in [0.25, 0.3) is 0 Å². The highest BCUT2D eigenvalue weighted by atomic mass is 35.5. The number of anilines is 1. The first kappa shape index (κ1) is 22.2. The summed E-state index contributed by atoms with van der Waals surface area (Å²) in [4.78, 5) is 30.2. The number of carbonyl (C=O) groups is 2. The number of pyridine rings is 1. The minimum absolute atomic E-state index is 0.0287. The van der Waals surface area contributed by atoms with Gasteiger partial charge in [-0.15, -0.1) is 0 Å². The second-order valence-electron chi connectivity index (χ2n) is 6.23. The zero-order valence-corrected chi connectivity index (χ0v) is 16.6. The topological polar surface area (TPSA) is 136 Å². The molecule has 2 atom stereocenters. The van der Waals surface area contributed by atoms with Gasteiger partial charge in [0, 0.05) is 20.2 Å². The number of nitrogen functional groups attached to an aromatic ring is 1. The van der Waals surface area contributed by atoms with Gasteiger partial charge in [-0.1, -0.05) is 11.6 Å². The van der Waals surface area contributed by atoms with Crippen LogP contribution < -0.4 is 15.8 Å². The van der Waals surface area contributed by atoms with Crippen LogP contribution in [0.3, 0.4) is 0 Å². The van der Waals surface area contributed by atoms with Gasteiger partial charge in [-0.05, 0) is 12.5 Å². The first-order chi connectivity index (χ1) is 13.4. The van der Waals surface area contributed by atoms with Gasteiger partial charge in [-0.25, -0.2) is 0 Å². The van der Waals surface area contributed by atoms with E-state index in [1.54, 1.807) is 7.11 Å². The van der Waals surface area contributed by atoms with E-state index in [1.807, 2.05) is 4.90 Å². The van der Waals surface area contributed by atoms with E-state index in [9.17, 15) is 9.59 Å². The molecule has 1 aromatic heterocycles. The lowest BCUT2D eigenvalue weighted by Crippen LogP contribution is -2.55. The lowest BCUT2D eigenvalue weighted by atomic mass is 10.0. The zero-order valence-electron chi connectivity index (χ0n) is 15.8. The number of hydrogen-bond donors (Lipinski definition) is 3. The van der Waals surface area contributed by atoms with Crippen molar-refractivity contribution in [2.75, 3.05) is 52.8 Å². The lowest BCUT2D eigenvalue weighted by Gasteiger charge is -2.37. The summed E-state index contributed by atoms with van der Waals surface area (Å²) in [6, 6.07) is 1.13. The summed E-state index contributed by atoms with van der Waals surface area (Å²) >= 11 is 5.98. The third kappa shape index (κ3) is 5.68. The van der Waals surface area contributed by atoms with Crippen molar-refractivity contribution < 1.29 is 28.9 Å². The van der Waals surface area contributed by atoms with E-state index in [1.165, 1.54) is 13.2 Å². The van der Waals surface area contributed by atoms with Gasteiger partial charge in [0.2, 0.25) is 5.88 Å². The molecule has 156 valence electrons. The maximum Gasteiger partial charge on any atom is 0.320 e. The minimum Gasteiger partial charge on any atom is -0.480 e. The lowest BCUT2D eigenvalue weighted by molar-refractivity contribution is -0.147. The Kier molecular flexibility index (Phi) is 8.24. The number of nitrogens with zero attached hydrogens (tertiary/aromatic N) is 2. The Morgan fingerprint density at radius 1 is 1.46 bits per heavy atom. The van der Waals surface area contributed by atoms with Crippen LogP contribution in [0.1, 0.15) is 16.8 Å². The third-order valence-corrected chi connectivity index (χ3v) is 4.68. The maximum atomic E-state index is 12.7. The summed E-state index contributed by atoms with van der Waals surface area (Å²) in [5.74, 6) is -0.670. The Morgan fingerprint density at radius 3 is 2.86 bits per heavy atom. The molecule has 2 unspecified atom stereocenters. The van der Waals surface area contributed by atoms with Crippen LogP contribution in [0.15, 0.2) is 6.07 Å². The number of halogens is 1. The summed E-state index contributed by atoms with van der Waals surface area (Å²) in [5.41, 5.74) is 5.82. The van der Waals surface area contributed by atoms with E-state index in [0.717, 1.165) is 0 Å². The van der Waals surface area contributed by atoms with Crippen LogP contribution in [0.5, 0.6) is 5.88 Å². The van der Waals surface area contributed by atoms with Crippen molar-refractivity contribution in [2.45, 2.75) is 18.6 Å². The number of nitrogens with one attached hydrogen (secondary N) is 1. The summed E-state index contributed by atoms with van der Waals surface area (Å²) in [5, 5.41) is 11.8. The smallest absolute Gasteiger partial charge is 0.320 e. The van der Waals surface area contributed by atoms with Crippen LogP contribution >= 0.6 is 11.6 Å². The molecule has 1 aromatic rings. The number of methoxy groups -OCH3 is 2. The first-order valence-electron chi connectivity index (χ1n) is 8.72. The molecule has 11 heteroatoms. The molecule has 0 aliphatic carbocycles. The quantitative estimate of drug-likeness (QED) is 0.487. The summed E-state index contributed by atoms with van der Waals surface area (Å²) < 4.78 is 15.5. The first-order valence-corrected chi connectivity index (χ1v) is 9.09. The summed E-state index contributed by atoms with van der Waals surface area (Å²) in [6.45, 7) is 0.851. The Balaban J connectivity index is 2.00. The van der Waals surface area contributed by atoms with E-state index < -0.39 is 11.9 Å². The molecule has 1 fully saturated rings. The number of hydrogen-bond acceptors (Lipinski definition) is 9. The number of likely N-dealkylation sites (tertiary alicyclic amines) is 1. The molecule has 1 aliphatic rings. The number of carbonyl (C=O) groups excluding carboxylic acids is 2. The molecule has 0 aromatic carbocycles. The average Bonchev–Trinajstić information content (AvgIpc) is 2.69. The molecule has 0 saturated carbocycles. The van der Waals surface area contributed by atoms with Crippen molar-refractivity contribution in [3.05, 3.63) is 16.7 Å². The molecular weight excluding hydrogens is 392 g/mol.